The van der Waals surface area contributed by atoms with Gasteiger partial charge in [-0.2, -0.15) is 5.10 Å². The summed E-state index contributed by atoms with van der Waals surface area (Å²) in [6.45, 7) is 0. The van der Waals surface area contributed by atoms with E-state index in [0.29, 0.717) is 5.56 Å². The molecule has 0 aromatic heterocycles. The number of amides is 1. The van der Waals surface area contributed by atoms with Gasteiger partial charge in [0, 0.05) is 5.56 Å². The zero-order valence-corrected chi connectivity index (χ0v) is 11.4. The summed E-state index contributed by atoms with van der Waals surface area (Å²) in [7, 11) is 0. The highest BCUT2D eigenvalue weighted by Crippen LogP contribution is 2.15. The minimum absolute atomic E-state index is 0.135. The third-order valence-corrected chi connectivity index (χ3v) is 2.76. The van der Waals surface area contributed by atoms with E-state index in [1.807, 2.05) is 5.43 Å². The fourth-order valence-electron chi connectivity index (χ4n) is 1.67. The SMILES string of the molecule is O=C(NN=CC(=O)c1ccccc1)C(=O)c1ccccc1O. The first-order valence-corrected chi connectivity index (χ1v) is 6.34. The Morgan fingerprint density at radius 2 is 1.59 bits per heavy atom. The van der Waals surface area contributed by atoms with E-state index < -0.39 is 17.5 Å². The molecule has 0 aliphatic heterocycles. The minimum atomic E-state index is -1.04. The molecule has 0 fully saturated rings. The van der Waals surface area contributed by atoms with Gasteiger partial charge in [0.1, 0.15) is 5.75 Å². The number of nitrogens with zero attached hydrogens (tertiary/aromatic N) is 1. The molecule has 0 saturated heterocycles. The number of rotatable bonds is 5. The maximum atomic E-state index is 11.8. The number of ketones is 2. The molecule has 2 aromatic carbocycles. The van der Waals surface area contributed by atoms with Gasteiger partial charge in [-0.1, -0.05) is 42.5 Å². The normalized spacial score (nSPS) is 10.4. The van der Waals surface area contributed by atoms with Gasteiger partial charge in [0.2, 0.25) is 5.78 Å². The molecule has 110 valence electrons. The molecule has 0 unspecified atom stereocenters. The summed E-state index contributed by atoms with van der Waals surface area (Å²) >= 11 is 0. The number of hydrogen-bond acceptors (Lipinski definition) is 5. The molecule has 0 aliphatic carbocycles. The number of hydrazone groups is 1. The van der Waals surface area contributed by atoms with Crippen molar-refractivity contribution < 1.29 is 19.5 Å². The van der Waals surface area contributed by atoms with E-state index in [4.69, 9.17) is 0 Å². The Balaban J connectivity index is 1.98. The predicted molar refractivity (Wildman–Crippen MR) is 79.8 cm³/mol. The summed E-state index contributed by atoms with van der Waals surface area (Å²) < 4.78 is 0. The number of phenols is 1. The van der Waals surface area contributed by atoms with Crippen LogP contribution in [0.3, 0.4) is 0 Å². The molecule has 22 heavy (non-hydrogen) atoms. The Hall–Kier alpha value is -3.28. The van der Waals surface area contributed by atoms with Crippen LogP contribution in [0.2, 0.25) is 0 Å². The topological polar surface area (TPSA) is 95.8 Å². The first-order chi connectivity index (χ1) is 10.6. The lowest BCUT2D eigenvalue weighted by atomic mass is 10.1. The Morgan fingerprint density at radius 3 is 2.27 bits per heavy atom. The predicted octanol–water partition coefficient (Wildman–Crippen LogP) is 1.56. The molecule has 0 aliphatic rings. The zero-order valence-electron chi connectivity index (χ0n) is 11.4. The Bertz CT molecular complexity index is 739. The van der Waals surface area contributed by atoms with Crippen LogP contribution in [0.5, 0.6) is 5.75 Å². The third-order valence-electron chi connectivity index (χ3n) is 2.76. The number of Topliss-reactive ketones (excluding diaryl/α,β-unsaturated/α-hetero) is 2. The van der Waals surface area contributed by atoms with Gasteiger partial charge in [0.25, 0.3) is 5.78 Å². The van der Waals surface area contributed by atoms with Crippen LogP contribution in [-0.4, -0.2) is 28.8 Å². The molecular weight excluding hydrogens is 284 g/mol. The molecule has 2 rings (SSSR count). The molecule has 0 heterocycles. The lowest BCUT2D eigenvalue weighted by Crippen LogP contribution is -2.27. The van der Waals surface area contributed by atoms with E-state index in [2.05, 4.69) is 5.10 Å². The van der Waals surface area contributed by atoms with Crippen LogP contribution in [0.4, 0.5) is 0 Å². The summed E-state index contributed by atoms with van der Waals surface area (Å²) in [5.41, 5.74) is 2.23. The van der Waals surface area contributed by atoms with Crippen LogP contribution in [0.25, 0.3) is 0 Å². The lowest BCUT2D eigenvalue weighted by molar-refractivity contribution is -0.117. The van der Waals surface area contributed by atoms with E-state index in [9.17, 15) is 19.5 Å². The molecule has 2 aromatic rings. The molecule has 1 amide bonds. The van der Waals surface area contributed by atoms with Crippen LogP contribution in [0, 0.1) is 0 Å². The van der Waals surface area contributed by atoms with Gasteiger partial charge < -0.3 is 5.11 Å². The summed E-state index contributed by atoms with van der Waals surface area (Å²) in [6.07, 6.45) is 0.908. The van der Waals surface area contributed by atoms with E-state index in [0.717, 1.165) is 6.21 Å². The largest absolute Gasteiger partial charge is 0.507 e. The number of carbonyl (C=O) groups is 3. The molecule has 0 atom stereocenters. The highest BCUT2D eigenvalue weighted by molar-refractivity contribution is 6.43. The van der Waals surface area contributed by atoms with Gasteiger partial charge in [-0.05, 0) is 12.1 Å². The van der Waals surface area contributed by atoms with Gasteiger partial charge in [-0.3, -0.25) is 14.4 Å². The minimum Gasteiger partial charge on any atom is -0.507 e. The first-order valence-electron chi connectivity index (χ1n) is 6.34. The first kappa shape index (κ1) is 15.1. The summed E-state index contributed by atoms with van der Waals surface area (Å²) in [4.78, 5) is 35.1. The van der Waals surface area contributed by atoms with E-state index in [1.165, 1.54) is 24.3 Å². The average molecular weight is 296 g/mol. The standard InChI is InChI=1S/C16H12N2O4/c19-13-9-5-4-8-12(13)15(21)16(22)18-17-10-14(20)11-6-2-1-3-7-11/h1-10,19H,(H,18,22). The highest BCUT2D eigenvalue weighted by atomic mass is 16.3. The molecule has 0 saturated carbocycles. The van der Waals surface area contributed by atoms with Crippen molar-refractivity contribution in [2.24, 2.45) is 5.10 Å². The van der Waals surface area contributed by atoms with Crippen molar-refractivity contribution in [1.82, 2.24) is 5.43 Å². The fourth-order valence-corrected chi connectivity index (χ4v) is 1.67. The number of carbonyl (C=O) groups excluding carboxylic acids is 3. The van der Waals surface area contributed by atoms with Crippen molar-refractivity contribution in [1.29, 1.82) is 0 Å². The smallest absolute Gasteiger partial charge is 0.312 e. The Kier molecular flexibility index (Phi) is 4.77. The number of para-hydroxylation sites is 1. The number of hydrogen-bond donors (Lipinski definition) is 2. The van der Waals surface area contributed by atoms with Crippen molar-refractivity contribution in [3.05, 3.63) is 65.7 Å². The zero-order chi connectivity index (χ0) is 15.9. The number of benzene rings is 2. The van der Waals surface area contributed by atoms with Crippen LogP contribution in [0.15, 0.2) is 59.7 Å². The second-order valence-electron chi connectivity index (χ2n) is 4.28. The monoisotopic (exact) mass is 296 g/mol. The van der Waals surface area contributed by atoms with Gasteiger partial charge in [0.15, 0.2) is 0 Å². The number of phenolic OH excluding ortho intramolecular Hbond substituents is 1. The molecule has 0 spiro atoms. The molecular formula is C16H12N2O4. The van der Waals surface area contributed by atoms with Crippen LogP contribution >= 0.6 is 0 Å². The Labute approximate surface area is 126 Å². The van der Waals surface area contributed by atoms with Crippen molar-refractivity contribution in [2.45, 2.75) is 0 Å². The van der Waals surface area contributed by atoms with E-state index in [-0.39, 0.29) is 11.3 Å². The van der Waals surface area contributed by atoms with E-state index in [1.54, 1.807) is 30.3 Å². The van der Waals surface area contributed by atoms with Crippen molar-refractivity contribution in [3.63, 3.8) is 0 Å². The van der Waals surface area contributed by atoms with Gasteiger partial charge in [0.05, 0.1) is 11.8 Å². The lowest BCUT2D eigenvalue weighted by Gasteiger charge is -2.01. The average Bonchev–Trinajstić information content (AvgIpc) is 2.55. The number of nitrogens with one attached hydrogen (secondary N) is 1. The van der Waals surface area contributed by atoms with Crippen LogP contribution in [0.1, 0.15) is 20.7 Å². The van der Waals surface area contributed by atoms with Gasteiger partial charge in [-0.25, -0.2) is 5.43 Å². The maximum absolute atomic E-state index is 11.8. The van der Waals surface area contributed by atoms with Crippen LogP contribution in [-0.2, 0) is 4.79 Å². The molecule has 2 N–H and O–H groups in total. The second-order valence-corrected chi connectivity index (χ2v) is 4.28. The molecule has 6 nitrogen and oxygen atoms in total. The second kappa shape index (κ2) is 6.94. The van der Waals surface area contributed by atoms with Crippen molar-refractivity contribution in [2.75, 3.05) is 0 Å². The van der Waals surface area contributed by atoms with Crippen LogP contribution < -0.4 is 5.43 Å². The molecule has 6 heteroatoms. The number of aromatic hydroxyl groups is 1. The van der Waals surface area contributed by atoms with E-state index >= 15 is 0 Å². The maximum Gasteiger partial charge on any atom is 0.312 e. The quantitative estimate of drug-likeness (QED) is 0.379. The molecule has 0 bridgehead atoms. The summed E-state index contributed by atoms with van der Waals surface area (Å²) in [5, 5.41) is 12.9. The fraction of sp³-hybridized carbons (Fsp3) is 0. The van der Waals surface area contributed by atoms with Gasteiger partial charge >= 0.3 is 5.91 Å². The third kappa shape index (κ3) is 3.63. The van der Waals surface area contributed by atoms with Crippen molar-refractivity contribution >= 4 is 23.7 Å². The van der Waals surface area contributed by atoms with Gasteiger partial charge in [-0.15, -0.1) is 0 Å². The summed E-state index contributed by atoms with van der Waals surface area (Å²) in [6, 6.07) is 14.0. The molecule has 0 radical (unpaired) electrons. The highest BCUT2D eigenvalue weighted by Gasteiger charge is 2.18. The Morgan fingerprint density at radius 1 is 0.955 bits per heavy atom. The van der Waals surface area contributed by atoms with Crippen molar-refractivity contribution in [3.8, 4) is 5.75 Å². The summed E-state index contributed by atoms with van der Waals surface area (Å²) in [5.74, 6) is -2.69.